The second-order valence-corrected chi connectivity index (χ2v) is 6.17. The molecule has 3 aromatic rings. The first kappa shape index (κ1) is 16.1. The van der Waals surface area contributed by atoms with Crippen LogP contribution in [0.4, 0.5) is 5.13 Å². The van der Waals surface area contributed by atoms with Gasteiger partial charge in [0.05, 0.1) is 5.69 Å². The first-order valence-corrected chi connectivity index (χ1v) is 8.36. The maximum Gasteiger partial charge on any atom is 0.264 e. The van der Waals surface area contributed by atoms with Crippen molar-refractivity contribution in [3.05, 3.63) is 59.2 Å². The molecule has 0 aliphatic carbocycles. The largest absolute Gasteiger partial charge is 0.483 e. The van der Waals surface area contributed by atoms with Crippen molar-refractivity contribution in [1.29, 1.82) is 0 Å². The van der Waals surface area contributed by atoms with Crippen LogP contribution in [-0.2, 0) is 4.79 Å². The molecular formula is C18H17N3O2S. The van der Waals surface area contributed by atoms with E-state index in [1.54, 1.807) is 12.4 Å². The zero-order valence-electron chi connectivity index (χ0n) is 13.4. The summed E-state index contributed by atoms with van der Waals surface area (Å²) in [7, 11) is 0. The van der Waals surface area contributed by atoms with Gasteiger partial charge in [0.2, 0.25) is 0 Å². The molecule has 1 amide bonds. The lowest BCUT2D eigenvalue weighted by Crippen LogP contribution is -2.20. The Bertz CT molecular complexity index is 846. The molecule has 6 heteroatoms. The molecule has 0 atom stereocenters. The van der Waals surface area contributed by atoms with Gasteiger partial charge in [-0.15, -0.1) is 11.3 Å². The third kappa shape index (κ3) is 3.78. The fourth-order valence-electron chi connectivity index (χ4n) is 2.16. The third-order valence-electron chi connectivity index (χ3n) is 3.62. The van der Waals surface area contributed by atoms with Crippen LogP contribution in [0.15, 0.2) is 48.1 Å². The van der Waals surface area contributed by atoms with Crippen molar-refractivity contribution in [2.24, 2.45) is 0 Å². The molecule has 0 aliphatic rings. The molecular weight excluding hydrogens is 322 g/mol. The molecule has 0 radical (unpaired) electrons. The minimum Gasteiger partial charge on any atom is -0.483 e. The van der Waals surface area contributed by atoms with Gasteiger partial charge in [-0.05, 0) is 43.2 Å². The van der Waals surface area contributed by atoms with Crippen molar-refractivity contribution in [3.63, 3.8) is 0 Å². The Balaban J connectivity index is 1.59. The van der Waals surface area contributed by atoms with E-state index in [4.69, 9.17) is 4.74 Å². The van der Waals surface area contributed by atoms with Crippen LogP contribution in [0, 0.1) is 13.8 Å². The SMILES string of the molecule is Cc1cccc(OCC(=O)Nc2nc(-c3cccnc3)cs2)c1C. The van der Waals surface area contributed by atoms with E-state index in [1.165, 1.54) is 11.3 Å². The predicted octanol–water partition coefficient (Wildman–Crippen LogP) is 3.84. The van der Waals surface area contributed by atoms with Crippen LogP contribution in [-0.4, -0.2) is 22.5 Å². The molecule has 3 rings (SSSR count). The van der Waals surface area contributed by atoms with Crippen LogP contribution in [0.3, 0.4) is 0 Å². The van der Waals surface area contributed by atoms with Crippen LogP contribution < -0.4 is 10.1 Å². The summed E-state index contributed by atoms with van der Waals surface area (Å²) < 4.78 is 5.60. The van der Waals surface area contributed by atoms with Crippen molar-refractivity contribution in [2.45, 2.75) is 13.8 Å². The lowest BCUT2D eigenvalue weighted by Gasteiger charge is -2.10. The summed E-state index contributed by atoms with van der Waals surface area (Å²) in [6, 6.07) is 9.57. The zero-order chi connectivity index (χ0) is 16.9. The molecule has 0 aliphatic heterocycles. The van der Waals surface area contributed by atoms with Gasteiger partial charge in [0.15, 0.2) is 11.7 Å². The summed E-state index contributed by atoms with van der Waals surface area (Å²) in [5, 5.41) is 5.19. The number of aryl methyl sites for hydroxylation is 1. The number of amides is 1. The predicted molar refractivity (Wildman–Crippen MR) is 95.4 cm³/mol. The first-order chi connectivity index (χ1) is 11.6. The van der Waals surface area contributed by atoms with E-state index in [1.807, 2.05) is 49.6 Å². The molecule has 0 fully saturated rings. The van der Waals surface area contributed by atoms with Crippen molar-refractivity contribution in [1.82, 2.24) is 9.97 Å². The van der Waals surface area contributed by atoms with Crippen LogP contribution >= 0.6 is 11.3 Å². The number of hydrogen-bond acceptors (Lipinski definition) is 5. The second kappa shape index (κ2) is 7.23. The molecule has 1 aromatic carbocycles. The van der Waals surface area contributed by atoms with Gasteiger partial charge in [0.1, 0.15) is 5.75 Å². The van der Waals surface area contributed by atoms with Crippen LogP contribution in [0.2, 0.25) is 0 Å². The number of rotatable bonds is 5. The van der Waals surface area contributed by atoms with Crippen molar-refractivity contribution in [3.8, 4) is 17.0 Å². The third-order valence-corrected chi connectivity index (χ3v) is 4.38. The van der Waals surface area contributed by atoms with Crippen molar-refractivity contribution >= 4 is 22.4 Å². The molecule has 0 bridgehead atoms. The number of aromatic nitrogens is 2. The molecule has 0 spiro atoms. The molecule has 0 saturated heterocycles. The van der Waals surface area contributed by atoms with E-state index >= 15 is 0 Å². The smallest absolute Gasteiger partial charge is 0.264 e. The number of pyridine rings is 1. The molecule has 5 nitrogen and oxygen atoms in total. The lowest BCUT2D eigenvalue weighted by molar-refractivity contribution is -0.118. The number of ether oxygens (including phenoxy) is 1. The fourth-order valence-corrected chi connectivity index (χ4v) is 2.89. The summed E-state index contributed by atoms with van der Waals surface area (Å²) in [5.41, 5.74) is 3.88. The highest BCUT2D eigenvalue weighted by atomic mass is 32.1. The normalized spacial score (nSPS) is 10.4. The number of thiazole rings is 1. The Kier molecular flexibility index (Phi) is 4.86. The molecule has 0 saturated carbocycles. The van der Waals surface area contributed by atoms with E-state index in [2.05, 4.69) is 15.3 Å². The highest BCUT2D eigenvalue weighted by Crippen LogP contribution is 2.24. The second-order valence-electron chi connectivity index (χ2n) is 5.31. The van der Waals surface area contributed by atoms with E-state index < -0.39 is 0 Å². The van der Waals surface area contributed by atoms with Gasteiger partial charge in [-0.2, -0.15) is 0 Å². The maximum absolute atomic E-state index is 12.0. The number of nitrogens with zero attached hydrogens (tertiary/aromatic N) is 2. The topological polar surface area (TPSA) is 64.1 Å². The molecule has 2 aromatic heterocycles. The van der Waals surface area contributed by atoms with Crippen LogP contribution in [0.1, 0.15) is 11.1 Å². The Morgan fingerprint density at radius 3 is 2.92 bits per heavy atom. The molecule has 0 unspecified atom stereocenters. The highest BCUT2D eigenvalue weighted by molar-refractivity contribution is 7.14. The average molecular weight is 339 g/mol. The van der Waals surface area contributed by atoms with Gasteiger partial charge in [-0.3, -0.25) is 15.1 Å². The number of benzene rings is 1. The molecule has 122 valence electrons. The maximum atomic E-state index is 12.0. The van der Waals surface area contributed by atoms with Gasteiger partial charge in [-0.1, -0.05) is 12.1 Å². The number of nitrogens with one attached hydrogen (secondary N) is 1. The zero-order valence-corrected chi connectivity index (χ0v) is 14.3. The Hall–Kier alpha value is -2.73. The summed E-state index contributed by atoms with van der Waals surface area (Å²) >= 11 is 1.37. The number of carbonyl (C=O) groups excluding carboxylic acids is 1. The minimum absolute atomic E-state index is 0.0495. The average Bonchev–Trinajstić information content (AvgIpc) is 3.05. The number of anilines is 1. The Morgan fingerprint density at radius 2 is 2.12 bits per heavy atom. The van der Waals surface area contributed by atoms with Gasteiger partial charge in [0, 0.05) is 23.3 Å². The lowest BCUT2D eigenvalue weighted by atomic mass is 10.1. The quantitative estimate of drug-likeness (QED) is 0.767. The van der Waals surface area contributed by atoms with Crippen molar-refractivity contribution in [2.75, 3.05) is 11.9 Å². The summed E-state index contributed by atoms with van der Waals surface area (Å²) in [6.45, 7) is 3.94. The first-order valence-electron chi connectivity index (χ1n) is 7.48. The van der Waals surface area contributed by atoms with E-state index in [-0.39, 0.29) is 12.5 Å². The number of carbonyl (C=O) groups is 1. The standard InChI is InChI=1S/C18H17N3O2S/c1-12-5-3-7-16(13(12)2)23-10-17(22)21-18-20-15(11-24-18)14-6-4-8-19-9-14/h3-9,11H,10H2,1-2H3,(H,20,21,22). The summed E-state index contributed by atoms with van der Waals surface area (Å²) in [5.74, 6) is 0.489. The van der Waals surface area contributed by atoms with Gasteiger partial charge >= 0.3 is 0 Å². The monoisotopic (exact) mass is 339 g/mol. The van der Waals surface area contributed by atoms with Crippen molar-refractivity contribution < 1.29 is 9.53 Å². The van der Waals surface area contributed by atoms with E-state index in [9.17, 15) is 4.79 Å². The van der Waals surface area contributed by atoms with E-state index in [0.29, 0.717) is 5.13 Å². The molecule has 2 heterocycles. The molecule has 1 N–H and O–H groups in total. The van der Waals surface area contributed by atoms with Gasteiger partial charge in [-0.25, -0.2) is 4.98 Å². The Morgan fingerprint density at radius 1 is 1.25 bits per heavy atom. The Labute approximate surface area is 144 Å². The fraction of sp³-hybridized carbons (Fsp3) is 0.167. The summed E-state index contributed by atoms with van der Waals surface area (Å²) in [6.07, 6.45) is 3.45. The highest BCUT2D eigenvalue weighted by Gasteiger charge is 2.10. The van der Waals surface area contributed by atoms with Crippen LogP contribution in [0.25, 0.3) is 11.3 Å². The van der Waals surface area contributed by atoms with E-state index in [0.717, 1.165) is 28.1 Å². The molecule has 24 heavy (non-hydrogen) atoms. The summed E-state index contributed by atoms with van der Waals surface area (Å²) in [4.78, 5) is 20.5. The van der Waals surface area contributed by atoms with Gasteiger partial charge < -0.3 is 4.74 Å². The number of hydrogen-bond donors (Lipinski definition) is 1. The van der Waals surface area contributed by atoms with Gasteiger partial charge in [0.25, 0.3) is 5.91 Å². The minimum atomic E-state index is -0.233. The van der Waals surface area contributed by atoms with Crippen LogP contribution in [0.5, 0.6) is 5.75 Å².